The van der Waals surface area contributed by atoms with Gasteiger partial charge in [-0.3, -0.25) is 0 Å². The molecule has 0 N–H and O–H groups in total. The summed E-state index contributed by atoms with van der Waals surface area (Å²) in [5, 5.41) is 8.47. The average molecular weight is 341 g/mol. The van der Waals surface area contributed by atoms with Gasteiger partial charge in [0.25, 0.3) is 0 Å². The van der Waals surface area contributed by atoms with E-state index in [1.165, 1.54) is 6.07 Å². The molecule has 0 spiro atoms. The Morgan fingerprint density at radius 3 is 2.42 bits per heavy atom. The van der Waals surface area contributed by atoms with E-state index in [0.29, 0.717) is 16.3 Å². The second kappa shape index (κ2) is 7.10. The maximum absolute atomic E-state index is 12.0. The molecule has 0 atom stereocenters. The number of halogens is 1. The van der Waals surface area contributed by atoms with Crippen LogP contribution in [0.2, 0.25) is 5.02 Å². The highest BCUT2D eigenvalue weighted by molar-refractivity contribution is 6.30. The lowest BCUT2D eigenvalue weighted by Crippen LogP contribution is -2.09. The van der Waals surface area contributed by atoms with Crippen LogP contribution in [0.15, 0.2) is 60.7 Å². The molecule has 0 aliphatic rings. The maximum Gasteiger partial charge on any atom is 0.344 e. The van der Waals surface area contributed by atoms with Gasteiger partial charge in [-0.1, -0.05) is 17.7 Å². The molecular weight excluding hydrogens is 328 g/mol. The number of hydrogen-bond acceptors (Lipinski definition) is 5. The maximum atomic E-state index is 12.0. The smallest absolute Gasteiger partial charge is 0.344 e. The lowest BCUT2D eigenvalue weighted by molar-refractivity contribution is 0.0726. The standard InChI is InChI=1S/C18H13ClN2O3/c1-23-15-7-5-12(6-8-15)16-9-10-17(21-20-16)24-18(22)13-3-2-4-14(19)11-13/h2-11H,1H3. The van der Waals surface area contributed by atoms with E-state index in [-0.39, 0.29) is 5.88 Å². The van der Waals surface area contributed by atoms with Gasteiger partial charge in [0.15, 0.2) is 0 Å². The summed E-state index contributed by atoms with van der Waals surface area (Å²) in [6.07, 6.45) is 0. The molecule has 0 saturated carbocycles. The van der Waals surface area contributed by atoms with Crippen molar-refractivity contribution in [3.8, 4) is 22.9 Å². The van der Waals surface area contributed by atoms with Crippen LogP contribution in [-0.2, 0) is 0 Å². The molecule has 0 saturated heterocycles. The van der Waals surface area contributed by atoms with Gasteiger partial charge < -0.3 is 9.47 Å². The van der Waals surface area contributed by atoms with Crippen molar-refractivity contribution in [3.63, 3.8) is 0 Å². The number of hydrogen-bond donors (Lipinski definition) is 0. The normalized spacial score (nSPS) is 10.2. The first-order chi connectivity index (χ1) is 11.7. The summed E-state index contributed by atoms with van der Waals surface area (Å²) in [5.74, 6) is 0.347. The van der Waals surface area contributed by atoms with E-state index < -0.39 is 5.97 Å². The van der Waals surface area contributed by atoms with Crippen LogP contribution in [-0.4, -0.2) is 23.3 Å². The number of nitrogens with zero attached hydrogens (tertiary/aromatic N) is 2. The van der Waals surface area contributed by atoms with Crippen molar-refractivity contribution in [1.82, 2.24) is 10.2 Å². The monoisotopic (exact) mass is 340 g/mol. The van der Waals surface area contributed by atoms with Crippen molar-refractivity contribution in [3.05, 3.63) is 71.2 Å². The number of rotatable bonds is 4. The summed E-state index contributed by atoms with van der Waals surface area (Å²) in [5.41, 5.74) is 1.90. The Kier molecular flexibility index (Phi) is 4.72. The van der Waals surface area contributed by atoms with Crippen molar-refractivity contribution >= 4 is 17.6 Å². The average Bonchev–Trinajstić information content (AvgIpc) is 2.62. The largest absolute Gasteiger partial charge is 0.497 e. The predicted octanol–water partition coefficient (Wildman–Crippen LogP) is 4.02. The van der Waals surface area contributed by atoms with Gasteiger partial charge in [0.05, 0.1) is 18.4 Å². The third-order valence-electron chi connectivity index (χ3n) is 3.28. The van der Waals surface area contributed by atoms with Crippen molar-refractivity contribution < 1.29 is 14.3 Å². The Morgan fingerprint density at radius 2 is 1.79 bits per heavy atom. The van der Waals surface area contributed by atoms with E-state index in [4.69, 9.17) is 21.1 Å². The predicted molar refractivity (Wildman–Crippen MR) is 90.4 cm³/mol. The molecule has 24 heavy (non-hydrogen) atoms. The van der Waals surface area contributed by atoms with Crippen molar-refractivity contribution in [2.75, 3.05) is 7.11 Å². The van der Waals surface area contributed by atoms with E-state index in [0.717, 1.165) is 11.3 Å². The summed E-state index contributed by atoms with van der Waals surface area (Å²) >= 11 is 5.86. The minimum absolute atomic E-state index is 0.122. The molecule has 0 radical (unpaired) electrons. The van der Waals surface area contributed by atoms with Crippen molar-refractivity contribution in [2.45, 2.75) is 0 Å². The number of esters is 1. The molecular formula is C18H13ClN2O3. The molecule has 0 bridgehead atoms. The van der Waals surface area contributed by atoms with Crippen LogP contribution in [0.1, 0.15) is 10.4 Å². The fourth-order valence-corrected chi connectivity index (χ4v) is 2.25. The molecule has 3 aromatic rings. The second-order valence-electron chi connectivity index (χ2n) is 4.89. The Morgan fingerprint density at radius 1 is 1.00 bits per heavy atom. The number of carbonyl (C=O) groups is 1. The third-order valence-corrected chi connectivity index (χ3v) is 3.52. The number of carbonyl (C=O) groups excluding carboxylic acids is 1. The van der Waals surface area contributed by atoms with E-state index in [2.05, 4.69) is 10.2 Å². The molecule has 1 aromatic heterocycles. The van der Waals surface area contributed by atoms with Crippen LogP contribution >= 0.6 is 11.6 Å². The molecule has 0 aliphatic carbocycles. The highest BCUT2D eigenvalue weighted by atomic mass is 35.5. The first kappa shape index (κ1) is 16.0. The van der Waals surface area contributed by atoms with Crippen LogP contribution in [0.25, 0.3) is 11.3 Å². The van der Waals surface area contributed by atoms with E-state index in [1.54, 1.807) is 37.4 Å². The lowest BCUT2D eigenvalue weighted by Gasteiger charge is -2.05. The van der Waals surface area contributed by atoms with Crippen LogP contribution in [0.4, 0.5) is 0 Å². The summed E-state index contributed by atoms with van der Waals surface area (Å²) < 4.78 is 10.3. The van der Waals surface area contributed by atoms with Gasteiger partial charge in [-0.05, 0) is 48.5 Å². The van der Waals surface area contributed by atoms with Crippen LogP contribution in [0.5, 0.6) is 11.6 Å². The van der Waals surface area contributed by atoms with Gasteiger partial charge in [0.1, 0.15) is 5.75 Å². The molecule has 6 heteroatoms. The van der Waals surface area contributed by atoms with Gasteiger partial charge in [-0.15, -0.1) is 10.2 Å². The molecule has 0 fully saturated rings. The minimum atomic E-state index is -0.538. The van der Waals surface area contributed by atoms with Gasteiger partial charge in [-0.25, -0.2) is 4.79 Å². The van der Waals surface area contributed by atoms with Crippen LogP contribution in [0.3, 0.4) is 0 Å². The molecule has 3 rings (SSSR count). The number of benzene rings is 2. The second-order valence-corrected chi connectivity index (χ2v) is 5.32. The highest BCUT2D eigenvalue weighted by Crippen LogP contribution is 2.21. The Bertz CT molecular complexity index is 849. The number of ether oxygens (including phenoxy) is 2. The first-order valence-electron chi connectivity index (χ1n) is 7.11. The van der Waals surface area contributed by atoms with E-state index in [9.17, 15) is 4.79 Å². The molecule has 120 valence electrons. The molecule has 0 amide bonds. The van der Waals surface area contributed by atoms with Crippen molar-refractivity contribution in [1.29, 1.82) is 0 Å². The number of methoxy groups -OCH3 is 1. The Hall–Kier alpha value is -2.92. The summed E-state index contributed by atoms with van der Waals surface area (Å²) in [7, 11) is 1.61. The first-order valence-corrected chi connectivity index (χ1v) is 7.49. The summed E-state index contributed by atoms with van der Waals surface area (Å²) in [6, 6.07) is 17.3. The molecule has 0 unspecified atom stereocenters. The molecule has 5 nitrogen and oxygen atoms in total. The van der Waals surface area contributed by atoms with Gasteiger partial charge in [0, 0.05) is 16.7 Å². The molecule has 0 aliphatic heterocycles. The molecule has 2 aromatic carbocycles. The van der Waals surface area contributed by atoms with Gasteiger partial charge in [-0.2, -0.15) is 0 Å². The summed E-state index contributed by atoms with van der Waals surface area (Å²) in [4.78, 5) is 12.0. The zero-order valence-electron chi connectivity index (χ0n) is 12.8. The SMILES string of the molecule is COc1ccc(-c2ccc(OC(=O)c3cccc(Cl)c3)nn2)cc1. The zero-order valence-corrected chi connectivity index (χ0v) is 13.5. The topological polar surface area (TPSA) is 61.3 Å². The number of aromatic nitrogens is 2. The van der Waals surface area contributed by atoms with Crippen LogP contribution in [0, 0.1) is 0 Å². The lowest BCUT2D eigenvalue weighted by atomic mass is 10.1. The van der Waals surface area contributed by atoms with Crippen LogP contribution < -0.4 is 9.47 Å². The zero-order chi connectivity index (χ0) is 16.9. The van der Waals surface area contributed by atoms with Gasteiger partial charge >= 0.3 is 5.97 Å². The van der Waals surface area contributed by atoms with Gasteiger partial charge in [0.2, 0.25) is 5.88 Å². The minimum Gasteiger partial charge on any atom is -0.497 e. The van der Waals surface area contributed by atoms with E-state index in [1.807, 2.05) is 24.3 Å². The quantitative estimate of drug-likeness (QED) is 0.671. The molecule has 1 heterocycles. The van der Waals surface area contributed by atoms with E-state index >= 15 is 0 Å². The Labute approximate surface area is 143 Å². The highest BCUT2D eigenvalue weighted by Gasteiger charge is 2.10. The Balaban J connectivity index is 1.73. The van der Waals surface area contributed by atoms with Crippen molar-refractivity contribution in [2.24, 2.45) is 0 Å². The fraction of sp³-hybridized carbons (Fsp3) is 0.0556. The third kappa shape index (κ3) is 3.70. The summed E-state index contributed by atoms with van der Waals surface area (Å²) in [6.45, 7) is 0. The fourth-order valence-electron chi connectivity index (χ4n) is 2.06.